The summed E-state index contributed by atoms with van der Waals surface area (Å²) in [5.41, 5.74) is 8.25. The minimum atomic E-state index is -0.00691. The second kappa shape index (κ2) is 8.83. The highest BCUT2D eigenvalue weighted by Gasteiger charge is 2.04. The van der Waals surface area contributed by atoms with Crippen LogP contribution in [0.5, 0.6) is 5.75 Å². The zero-order valence-electron chi connectivity index (χ0n) is 13.5. The Morgan fingerprint density at radius 1 is 1.17 bits per heavy atom. The van der Waals surface area contributed by atoms with E-state index in [1.165, 1.54) is 0 Å². The fourth-order valence-corrected chi connectivity index (χ4v) is 2.16. The van der Waals surface area contributed by atoms with E-state index < -0.39 is 0 Å². The third kappa shape index (κ3) is 6.02. The smallest absolute Gasteiger partial charge is 0.224 e. The molecule has 0 saturated heterocycles. The number of benzene rings is 2. The Morgan fingerprint density at radius 2 is 1.96 bits per heavy atom. The molecule has 23 heavy (non-hydrogen) atoms. The number of anilines is 2. The van der Waals surface area contributed by atoms with Gasteiger partial charge in [-0.3, -0.25) is 4.79 Å². The molecule has 0 saturated carbocycles. The van der Waals surface area contributed by atoms with Crippen molar-refractivity contribution in [3.05, 3.63) is 54.1 Å². The number of amides is 1. The average Bonchev–Trinajstić information content (AvgIpc) is 2.55. The number of carbonyl (C=O) groups excluding carboxylic acids is 1. The molecule has 2 rings (SSSR count). The van der Waals surface area contributed by atoms with Gasteiger partial charge >= 0.3 is 0 Å². The molecule has 0 aliphatic rings. The van der Waals surface area contributed by atoms with Gasteiger partial charge in [0.15, 0.2) is 0 Å². The summed E-state index contributed by atoms with van der Waals surface area (Å²) in [4.78, 5) is 12.0. The Labute approximate surface area is 137 Å². The predicted molar refractivity (Wildman–Crippen MR) is 94.7 cm³/mol. The average molecular weight is 312 g/mol. The summed E-state index contributed by atoms with van der Waals surface area (Å²) < 4.78 is 5.65. The Bertz CT molecular complexity index is 624. The van der Waals surface area contributed by atoms with Crippen LogP contribution in [0.4, 0.5) is 11.4 Å². The van der Waals surface area contributed by atoms with Crippen LogP contribution in [0.15, 0.2) is 48.5 Å². The van der Waals surface area contributed by atoms with Crippen LogP contribution in [0.3, 0.4) is 0 Å². The molecule has 0 aliphatic carbocycles. The van der Waals surface area contributed by atoms with Crippen LogP contribution in [-0.2, 0) is 11.2 Å². The molecule has 2 aromatic rings. The highest BCUT2D eigenvalue weighted by atomic mass is 16.5. The van der Waals surface area contributed by atoms with Gasteiger partial charge in [0, 0.05) is 23.9 Å². The Hall–Kier alpha value is -2.49. The number of nitrogen functional groups attached to an aromatic ring is 1. The molecule has 2 aromatic carbocycles. The lowest BCUT2D eigenvalue weighted by molar-refractivity contribution is -0.116. The zero-order valence-corrected chi connectivity index (χ0v) is 13.5. The van der Waals surface area contributed by atoms with Crippen LogP contribution in [0, 0.1) is 0 Å². The van der Waals surface area contributed by atoms with Crippen molar-refractivity contribution in [1.82, 2.24) is 0 Å². The Kier molecular flexibility index (Phi) is 6.48. The van der Waals surface area contributed by atoms with Gasteiger partial charge in [-0.2, -0.15) is 0 Å². The van der Waals surface area contributed by atoms with Gasteiger partial charge in [0.25, 0.3) is 0 Å². The first-order valence-corrected chi connectivity index (χ1v) is 8.04. The molecule has 4 heteroatoms. The summed E-state index contributed by atoms with van der Waals surface area (Å²) >= 11 is 0. The first-order valence-electron chi connectivity index (χ1n) is 8.04. The van der Waals surface area contributed by atoms with Crippen molar-refractivity contribution in [2.24, 2.45) is 0 Å². The highest BCUT2D eigenvalue weighted by Crippen LogP contribution is 2.18. The number of unbranched alkanes of at least 4 members (excludes halogenated alkanes) is 1. The third-order valence-electron chi connectivity index (χ3n) is 3.50. The number of hydrogen-bond acceptors (Lipinski definition) is 3. The summed E-state index contributed by atoms with van der Waals surface area (Å²) in [6.45, 7) is 2.83. The van der Waals surface area contributed by atoms with Gasteiger partial charge in [-0.05, 0) is 42.7 Å². The minimum absolute atomic E-state index is 0.00691. The van der Waals surface area contributed by atoms with Gasteiger partial charge in [0.2, 0.25) is 5.91 Å². The van der Waals surface area contributed by atoms with Gasteiger partial charge in [0.05, 0.1) is 6.61 Å². The number of rotatable bonds is 8. The predicted octanol–water partition coefficient (Wildman–Crippen LogP) is 4.02. The molecule has 0 radical (unpaired) electrons. The van der Waals surface area contributed by atoms with E-state index in [1.807, 2.05) is 48.5 Å². The molecule has 0 bridgehead atoms. The van der Waals surface area contributed by atoms with Crippen molar-refractivity contribution in [2.45, 2.75) is 32.6 Å². The fraction of sp³-hybridized carbons (Fsp3) is 0.316. The van der Waals surface area contributed by atoms with Crippen molar-refractivity contribution < 1.29 is 9.53 Å². The van der Waals surface area contributed by atoms with Crippen LogP contribution in [0.1, 0.15) is 31.7 Å². The maximum Gasteiger partial charge on any atom is 0.224 e. The van der Waals surface area contributed by atoms with Crippen molar-refractivity contribution in [3.8, 4) is 5.75 Å². The molecule has 0 unspecified atom stereocenters. The summed E-state index contributed by atoms with van der Waals surface area (Å²) in [5, 5.41) is 2.91. The maximum absolute atomic E-state index is 12.0. The van der Waals surface area contributed by atoms with E-state index in [1.54, 1.807) is 0 Å². The number of hydrogen-bond donors (Lipinski definition) is 2. The molecule has 1 amide bonds. The first-order chi connectivity index (χ1) is 11.2. The van der Waals surface area contributed by atoms with Crippen molar-refractivity contribution >= 4 is 17.3 Å². The lowest BCUT2D eigenvalue weighted by Crippen LogP contribution is -2.12. The topological polar surface area (TPSA) is 64.3 Å². The first kappa shape index (κ1) is 16.9. The maximum atomic E-state index is 12.0. The highest BCUT2D eigenvalue weighted by molar-refractivity contribution is 5.91. The van der Waals surface area contributed by atoms with Crippen LogP contribution < -0.4 is 15.8 Å². The van der Waals surface area contributed by atoms with Crippen molar-refractivity contribution in [3.63, 3.8) is 0 Å². The normalized spacial score (nSPS) is 10.3. The van der Waals surface area contributed by atoms with Crippen LogP contribution >= 0.6 is 0 Å². The standard InChI is InChI=1S/C19H24N2O2/c1-2-3-13-23-18-6-4-5-17(14-18)21-19(22)12-9-15-7-10-16(20)11-8-15/h4-8,10-11,14H,2-3,9,12-13,20H2,1H3,(H,21,22). The van der Waals surface area contributed by atoms with E-state index in [4.69, 9.17) is 10.5 Å². The van der Waals surface area contributed by atoms with Crippen LogP contribution in [-0.4, -0.2) is 12.5 Å². The quantitative estimate of drug-likeness (QED) is 0.571. The van der Waals surface area contributed by atoms with Crippen molar-refractivity contribution in [2.75, 3.05) is 17.7 Å². The molecular formula is C19H24N2O2. The van der Waals surface area contributed by atoms with E-state index in [0.717, 1.165) is 35.5 Å². The molecule has 0 atom stereocenters. The summed E-state index contributed by atoms with van der Waals surface area (Å²) in [6.07, 6.45) is 3.25. The number of ether oxygens (including phenoxy) is 1. The molecule has 122 valence electrons. The van der Waals surface area contributed by atoms with Crippen LogP contribution in [0.2, 0.25) is 0 Å². The third-order valence-corrected chi connectivity index (χ3v) is 3.50. The SMILES string of the molecule is CCCCOc1cccc(NC(=O)CCc2ccc(N)cc2)c1. The van der Waals surface area contributed by atoms with Gasteiger partial charge in [0.1, 0.15) is 5.75 Å². The van der Waals surface area contributed by atoms with E-state index in [2.05, 4.69) is 12.2 Å². The monoisotopic (exact) mass is 312 g/mol. The van der Waals surface area contributed by atoms with Crippen LogP contribution in [0.25, 0.3) is 0 Å². The molecular weight excluding hydrogens is 288 g/mol. The number of nitrogens with one attached hydrogen (secondary N) is 1. The van der Waals surface area contributed by atoms with Gasteiger partial charge in [-0.25, -0.2) is 0 Å². The molecule has 3 N–H and O–H groups in total. The van der Waals surface area contributed by atoms with Crippen molar-refractivity contribution in [1.29, 1.82) is 0 Å². The van der Waals surface area contributed by atoms with Gasteiger partial charge in [-0.15, -0.1) is 0 Å². The molecule has 0 aliphatic heterocycles. The molecule has 0 heterocycles. The van der Waals surface area contributed by atoms with E-state index in [0.29, 0.717) is 19.4 Å². The lowest BCUT2D eigenvalue weighted by Gasteiger charge is -2.09. The summed E-state index contributed by atoms with van der Waals surface area (Å²) in [7, 11) is 0. The van der Waals surface area contributed by atoms with E-state index in [-0.39, 0.29) is 5.91 Å². The fourth-order valence-electron chi connectivity index (χ4n) is 2.16. The zero-order chi connectivity index (χ0) is 16.5. The molecule has 0 spiro atoms. The number of carbonyl (C=O) groups is 1. The van der Waals surface area contributed by atoms with Gasteiger partial charge in [-0.1, -0.05) is 31.5 Å². The molecule has 0 fully saturated rings. The second-order valence-electron chi connectivity index (χ2n) is 5.52. The second-order valence-corrected chi connectivity index (χ2v) is 5.52. The summed E-state index contributed by atoms with van der Waals surface area (Å²) in [6, 6.07) is 15.1. The Balaban J connectivity index is 1.82. The van der Waals surface area contributed by atoms with Gasteiger partial charge < -0.3 is 15.8 Å². The number of aryl methyl sites for hydroxylation is 1. The largest absolute Gasteiger partial charge is 0.494 e. The van der Waals surface area contributed by atoms with E-state index >= 15 is 0 Å². The molecule has 0 aromatic heterocycles. The number of nitrogens with two attached hydrogens (primary N) is 1. The minimum Gasteiger partial charge on any atom is -0.494 e. The summed E-state index contributed by atoms with van der Waals surface area (Å²) in [5.74, 6) is 0.780. The van der Waals surface area contributed by atoms with E-state index in [9.17, 15) is 4.79 Å². The molecule has 4 nitrogen and oxygen atoms in total. The lowest BCUT2D eigenvalue weighted by atomic mass is 10.1. The Morgan fingerprint density at radius 3 is 2.70 bits per heavy atom.